The summed E-state index contributed by atoms with van der Waals surface area (Å²) < 4.78 is 53.0. The summed E-state index contributed by atoms with van der Waals surface area (Å²) in [5.74, 6) is -0.676. The number of nitrogens with zero attached hydrogens (tertiary/aromatic N) is 6. The van der Waals surface area contributed by atoms with Gasteiger partial charge in [-0.05, 0) is 81.9 Å². The van der Waals surface area contributed by atoms with Crippen molar-refractivity contribution in [1.82, 2.24) is 29.4 Å². The molecule has 6 rings (SSSR count). The molecule has 2 aromatic rings. The van der Waals surface area contributed by atoms with Crippen LogP contribution in [0.2, 0.25) is 5.02 Å². The fourth-order valence-corrected chi connectivity index (χ4v) is 8.85. The molecule has 60 heavy (non-hydrogen) atoms. The molecule has 0 saturated carbocycles. The number of nitrogen functional groups attached to an aromatic ring is 1. The molecule has 4 aliphatic rings. The molecule has 0 bridgehead atoms. The quantitative estimate of drug-likeness (QED) is 0.160. The van der Waals surface area contributed by atoms with Gasteiger partial charge in [0.1, 0.15) is 0 Å². The maximum Gasteiger partial charge on any atom is 0.418 e. The molecular weight excluding hydrogens is 805 g/mol. The van der Waals surface area contributed by atoms with Gasteiger partial charge in [-0.25, -0.2) is 9.59 Å². The molecule has 2 aromatic carbocycles. The second kappa shape index (κ2) is 20.5. The highest BCUT2D eigenvalue weighted by Crippen LogP contribution is 2.38. The summed E-state index contributed by atoms with van der Waals surface area (Å²) in [4.78, 5) is 64.9. The maximum atomic E-state index is 14.2. The summed E-state index contributed by atoms with van der Waals surface area (Å²) in [7, 11) is 3.96. The Morgan fingerprint density at radius 3 is 2.28 bits per heavy atom. The number of nitrogens with two attached hydrogens (primary N) is 1. The minimum Gasteiger partial charge on any atom is -0.466 e. The molecule has 1 atom stereocenters. The predicted molar refractivity (Wildman–Crippen MR) is 222 cm³/mol. The number of carbonyl (C=O) groups is 4. The van der Waals surface area contributed by atoms with E-state index in [1.807, 2.05) is 43.3 Å². The van der Waals surface area contributed by atoms with E-state index in [2.05, 4.69) is 15.1 Å². The first-order valence-corrected chi connectivity index (χ1v) is 21.4. The van der Waals surface area contributed by atoms with E-state index in [0.717, 1.165) is 56.5 Å². The van der Waals surface area contributed by atoms with Crippen LogP contribution in [0.3, 0.4) is 0 Å². The Hall–Kier alpha value is -4.32. The van der Waals surface area contributed by atoms with Crippen LogP contribution in [0.4, 0.5) is 34.1 Å². The topological polar surface area (TPSA) is 144 Å². The van der Waals surface area contributed by atoms with Crippen LogP contribution in [0.1, 0.15) is 55.2 Å². The van der Waals surface area contributed by atoms with Crippen molar-refractivity contribution in [2.45, 2.75) is 75.7 Å². The van der Waals surface area contributed by atoms with E-state index in [0.29, 0.717) is 71.3 Å². The number of alkyl halides is 3. The van der Waals surface area contributed by atoms with Crippen LogP contribution in [-0.4, -0.2) is 164 Å². The lowest BCUT2D eigenvalue weighted by atomic mass is 9.99. The number of anilines is 2. The van der Waals surface area contributed by atoms with Gasteiger partial charge in [0.15, 0.2) is 6.10 Å². The van der Waals surface area contributed by atoms with E-state index in [4.69, 9.17) is 26.8 Å². The molecule has 3 fully saturated rings. The Balaban J connectivity index is 1.03. The van der Waals surface area contributed by atoms with E-state index in [-0.39, 0.29) is 54.2 Å². The Morgan fingerprint density at radius 1 is 0.933 bits per heavy atom. The van der Waals surface area contributed by atoms with Gasteiger partial charge in [-0.2, -0.15) is 13.2 Å². The fourth-order valence-electron chi connectivity index (χ4n) is 8.61. The fraction of sp³-hybridized carbons (Fsp3) is 0.619. The van der Waals surface area contributed by atoms with Gasteiger partial charge in [-0.15, -0.1) is 0 Å². The second-order valence-corrected chi connectivity index (χ2v) is 16.8. The van der Waals surface area contributed by atoms with Crippen molar-refractivity contribution in [3.05, 3.63) is 58.1 Å². The third-order valence-corrected chi connectivity index (χ3v) is 12.4. The minimum atomic E-state index is -4.79. The van der Waals surface area contributed by atoms with Gasteiger partial charge in [0.05, 0.1) is 29.3 Å². The van der Waals surface area contributed by atoms with Crippen molar-refractivity contribution in [2.75, 3.05) is 104 Å². The van der Waals surface area contributed by atoms with Crippen LogP contribution in [0.25, 0.3) is 0 Å². The van der Waals surface area contributed by atoms with Crippen molar-refractivity contribution >= 4 is 47.0 Å². The number of hydrogen-bond acceptors (Lipinski definition) is 10. The number of benzene rings is 2. The van der Waals surface area contributed by atoms with Gasteiger partial charge in [0.25, 0.3) is 5.91 Å². The smallest absolute Gasteiger partial charge is 0.418 e. The zero-order valence-corrected chi connectivity index (χ0v) is 35.3. The normalized spacial score (nSPS) is 19.4. The molecule has 4 heterocycles. The maximum absolute atomic E-state index is 14.2. The van der Waals surface area contributed by atoms with Crippen LogP contribution >= 0.6 is 11.6 Å². The standard InChI is InChI=1S/C42H58ClF3N8O6/c1-49(2)14-5-25-59-37(55)13-15-50-21-23-51(24-22-50)31-9-16-52(17-10-31)39(56)36(28-29-26-33(42(44,45)46)38(47)34(43)27-29)60-41(58)53-18-11-32(12-19-53)54-20-8-30-6-3-4-7-35(30)48-40(54)57/h3-4,6-7,26-27,31-32,36H,5,8-25,28,47H2,1-2H3,(H,48,57)/t36-/m1/s1. The number of fused-ring (bicyclic) bond motifs is 1. The number of esters is 1. The Morgan fingerprint density at radius 2 is 1.60 bits per heavy atom. The van der Waals surface area contributed by atoms with Gasteiger partial charge < -0.3 is 45.0 Å². The molecule has 4 amide bonds. The third kappa shape index (κ3) is 11.9. The summed E-state index contributed by atoms with van der Waals surface area (Å²) in [5.41, 5.74) is 5.85. The first-order valence-electron chi connectivity index (χ1n) is 21.0. The van der Waals surface area contributed by atoms with E-state index >= 15 is 0 Å². The number of amides is 4. The molecule has 0 unspecified atom stereocenters. The van der Waals surface area contributed by atoms with E-state index in [1.165, 1.54) is 11.0 Å². The zero-order valence-electron chi connectivity index (χ0n) is 34.6. The number of halogens is 4. The second-order valence-electron chi connectivity index (χ2n) is 16.4. The number of ether oxygens (including phenoxy) is 2. The summed E-state index contributed by atoms with van der Waals surface area (Å²) in [6.45, 7) is 7.04. The number of rotatable bonds is 13. The lowest BCUT2D eigenvalue weighted by molar-refractivity contribution is -0.144. The number of piperazine rings is 1. The number of likely N-dealkylation sites (tertiary alicyclic amines) is 2. The van der Waals surface area contributed by atoms with Crippen molar-refractivity contribution < 1.29 is 41.8 Å². The average Bonchev–Trinajstić information content (AvgIpc) is 3.40. The van der Waals surface area contributed by atoms with E-state index < -0.39 is 35.5 Å². The van der Waals surface area contributed by atoms with Crippen LogP contribution in [0.15, 0.2) is 36.4 Å². The highest BCUT2D eigenvalue weighted by atomic mass is 35.5. The summed E-state index contributed by atoms with van der Waals surface area (Å²) >= 11 is 6.15. The number of urea groups is 1. The first-order chi connectivity index (χ1) is 28.7. The molecule has 0 radical (unpaired) electrons. The number of hydrogen-bond donors (Lipinski definition) is 2. The lowest BCUT2D eigenvalue weighted by Crippen LogP contribution is -2.55. The van der Waals surface area contributed by atoms with Gasteiger partial charge in [0, 0.05) is 96.2 Å². The van der Waals surface area contributed by atoms with Crippen LogP contribution in [0.5, 0.6) is 0 Å². The number of carbonyl (C=O) groups excluding carboxylic acids is 4. The first kappa shape index (κ1) is 45.2. The van der Waals surface area contributed by atoms with Gasteiger partial charge in [0.2, 0.25) is 0 Å². The molecule has 0 aromatic heterocycles. The molecule has 3 saturated heterocycles. The average molecular weight is 863 g/mol. The van der Waals surface area contributed by atoms with Crippen molar-refractivity contribution in [3.63, 3.8) is 0 Å². The summed E-state index contributed by atoms with van der Waals surface area (Å²) in [5, 5.41) is 2.68. The van der Waals surface area contributed by atoms with Crippen LogP contribution in [-0.2, 0) is 38.1 Å². The highest BCUT2D eigenvalue weighted by molar-refractivity contribution is 6.33. The summed E-state index contributed by atoms with van der Waals surface area (Å²) in [6, 6.07) is 9.72. The Kier molecular flexibility index (Phi) is 15.4. The van der Waals surface area contributed by atoms with Crippen molar-refractivity contribution in [3.8, 4) is 0 Å². The molecular formula is C42H58ClF3N8O6. The van der Waals surface area contributed by atoms with Crippen molar-refractivity contribution in [1.29, 1.82) is 0 Å². The predicted octanol–water partition coefficient (Wildman–Crippen LogP) is 5.04. The van der Waals surface area contributed by atoms with Crippen LogP contribution in [0, 0.1) is 0 Å². The molecule has 14 nitrogen and oxygen atoms in total. The molecule has 0 aliphatic carbocycles. The summed E-state index contributed by atoms with van der Waals surface area (Å²) in [6.07, 6.45) is -3.10. The van der Waals surface area contributed by atoms with E-state index in [9.17, 15) is 32.3 Å². The lowest BCUT2D eigenvalue weighted by Gasteiger charge is -2.43. The number of piperidine rings is 2. The molecule has 3 N–H and O–H groups in total. The van der Waals surface area contributed by atoms with Gasteiger partial charge >= 0.3 is 24.3 Å². The van der Waals surface area contributed by atoms with E-state index in [1.54, 1.807) is 9.80 Å². The number of para-hydroxylation sites is 1. The van der Waals surface area contributed by atoms with Gasteiger partial charge in [-0.3, -0.25) is 14.5 Å². The SMILES string of the molecule is CN(C)CCCOC(=O)CCN1CCN(C2CCN(C(=O)[C@@H](Cc3cc(Cl)c(N)c(C(F)(F)F)c3)OC(=O)N3CCC(N4CCc5ccccc5NC4=O)CC3)CC2)CC1. The number of nitrogens with one attached hydrogen (secondary N) is 1. The largest absolute Gasteiger partial charge is 0.466 e. The zero-order chi connectivity index (χ0) is 43.0. The monoisotopic (exact) mass is 862 g/mol. The van der Waals surface area contributed by atoms with Gasteiger partial charge in [-0.1, -0.05) is 29.8 Å². The Bertz CT molecular complexity index is 1810. The van der Waals surface area contributed by atoms with Crippen LogP contribution < -0.4 is 11.1 Å². The third-order valence-electron chi connectivity index (χ3n) is 12.1. The molecule has 330 valence electrons. The molecule has 0 spiro atoms. The van der Waals surface area contributed by atoms with Crippen molar-refractivity contribution in [2.24, 2.45) is 0 Å². The molecule has 4 aliphatic heterocycles. The molecule has 18 heteroatoms. The minimum absolute atomic E-state index is 0.0601. The highest BCUT2D eigenvalue weighted by Gasteiger charge is 2.38. The Labute approximate surface area is 355 Å².